The zero-order valence-electron chi connectivity index (χ0n) is 15.4. The van der Waals surface area contributed by atoms with E-state index in [1.807, 2.05) is 29.6 Å². The molecule has 0 bridgehead atoms. The molecule has 3 N–H and O–H groups in total. The number of benzene rings is 2. The summed E-state index contributed by atoms with van der Waals surface area (Å²) in [5.74, 6) is -0.193. The standard InChI is InChI=1S/C20H17ClIN3O4/c1-2-28-17-9-13(7-14(10-23)19(26)25-20(24)27)8-16(21)18(17)29-11-12-3-5-15(22)6-4-12/h3-9H,2,11H2,1H3,(H3,24,25,26,27)/b14-7-. The number of ether oxygens (including phenoxy) is 2. The summed E-state index contributed by atoms with van der Waals surface area (Å²) < 4.78 is 12.6. The topological polar surface area (TPSA) is 114 Å². The summed E-state index contributed by atoms with van der Waals surface area (Å²) in [4.78, 5) is 22.7. The lowest BCUT2D eigenvalue weighted by atomic mass is 10.1. The summed E-state index contributed by atoms with van der Waals surface area (Å²) in [6.07, 6.45) is 1.27. The van der Waals surface area contributed by atoms with Gasteiger partial charge >= 0.3 is 6.03 Å². The summed E-state index contributed by atoms with van der Waals surface area (Å²) in [6, 6.07) is 11.6. The number of primary amides is 1. The van der Waals surface area contributed by atoms with E-state index in [0.29, 0.717) is 23.7 Å². The van der Waals surface area contributed by atoms with Crippen LogP contribution >= 0.6 is 34.2 Å². The first kappa shape index (κ1) is 22.5. The molecule has 2 aromatic carbocycles. The Labute approximate surface area is 186 Å². The van der Waals surface area contributed by atoms with Gasteiger partial charge in [-0.2, -0.15) is 5.26 Å². The number of carbonyl (C=O) groups is 2. The number of carbonyl (C=O) groups excluding carboxylic acids is 2. The molecule has 0 saturated carbocycles. The van der Waals surface area contributed by atoms with Gasteiger partial charge in [0.15, 0.2) is 11.5 Å². The average molecular weight is 526 g/mol. The second-order valence-corrected chi connectivity index (χ2v) is 7.32. The van der Waals surface area contributed by atoms with Gasteiger partial charge in [0.05, 0.1) is 11.6 Å². The number of nitrogens with two attached hydrogens (primary N) is 1. The van der Waals surface area contributed by atoms with Crippen LogP contribution in [0.4, 0.5) is 4.79 Å². The van der Waals surface area contributed by atoms with Crippen molar-refractivity contribution in [1.29, 1.82) is 5.26 Å². The normalized spacial score (nSPS) is 10.8. The van der Waals surface area contributed by atoms with Crippen molar-refractivity contribution in [3.8, 4) is 17.6 Å². The lowest BCUT2D eigenvalue weighted by molar-refractivity contribution is -0.115. The van der Waals surface area contributed by atoms with Crippen molar-refractivity contribution in [3.63, 3.8) is 0 Å². The van der Waals surface area contributed by atoms with Gasteiger partial charge in [-0.15, -0.1) is 0 Å². The van der Waals surface area contributed by atoms with Crippen LogP contribution in [0.3, 0.4) is 0 Å². The van der Waals surface area contributed by atoms with Gasteiger partial charge in [-0.1, -0.05) is 23.7 Å². The van der Waals surface area contributed by atoms with Crippen molar-refractivity contribution >= 4 is 52.2 Å². The first-order valence-corrected chi connectivity index (χ1v) is 9.85. The number of nitrogens with zero attached hydrogens (tertiary/aromatic N) is 1. The van der Waals surface area contributed by atoms with Crippen LogP contribution in [0.1, 0.15) is 18.1 Å². The summed E-state index contributed by atoms with van der Waals surface area (Å²) >= 11 is 8.58. The van der Waals surface area contributed by atoms with Crippen molar-refractivity contribution in [2.24, 2.45) is 5.73 Å². The maximum absolute atomic E-state index is 11.8. The van der Waals surface area contributed by atoms with Crippen molar-refractivity contribution in [2.75, 3.05) is 6.61 Å². The number of nitriles is 1. The molecule has 0 fully saturated rings. The molecule has 0 aromatic heterocycles. The van der Waals surface area contributed by atoms with Gasteiger partial charge in [-0.25, -0.2) is 4.79 Å². The fourth-order valence-corrected chi connectivity index (χ4v) is 2.94. The number of imide groups is 1. The van der Waals surface area contributed by atoms with Crippen LogP contribution in [0.25, 0.3) is 6.08 Å². The SMILES string of the molecule is CCOc1cc(/C=C(/C#N)C(=O)NC(N)=O)cc(Cl)c1OCc1ccc(I)cc1. The van der Waals surface area contributed by atoms with Gasteiger partial charge < -0.3 is 15.2 Å². The Bertz CT molecular complexity index is 984. The van der Waals surface area contributed by atoms with Crippen LogP contribution in [0.5, 0.6) is 11.5 Å². The highest BCUT2D eigenvalue weighted by atomic mass is 127. The molecule has 0 heterocycles. The van der Waals surface area contributed by atoms with Crippen molar-refractivity contribution in [1.82, 2.24) is 5.32 Å². The molecule has 29 heavy (non-hydrogen) atoms. The number of urea groups is 1. The first-order valence-electron chi connectivity index (χ1n) is 8.40. The highest BCUT2D eigenvalue weighted by Crippen LogP contribution is 2.38. The number of amides is 3. The van der Waals surface area contributed by atoms with Crippen molar-refractivity contribution in [3.05, 3.63) is 61.7 Å². The fourth-order valence-electron chi connectivity index (χ4n) is 2.30. The van der Waals surface area contributed by atoms with Gasteiger partial charge in [0.1, 0.15) is 18.2 Å². The number of rotatable bonds is 7. The molecule has 0 aliphatic carbocycles. The van der Waals surface area contributed by atoms with E-state index in [2.05, 4.69) is 22.6 Å². The van der Waals surface area contributed by atoms with Crippen LogP contribution in [-0.2, 0) is 11.4 Å². The molecular formula is C20H17ClIN3O4. The summed E-state index contributed by atoms with van der Waals surface area (Å²) in [5, 5.41) is 11.3. The molecule has 2 aromatic rings. The van der Waals surface area contributed by atoms with Gasteiger partial charge in [-0.05, 0) is 71.0 Å². The number of nitrogens with one attached hydrogen (secondary N) is 1. The Morgan fingerprint density at radius 1 is 1.28 bits per heavy atom. The van der Waals surface area contributed by atoms with Crippen LogP contribution < -0.4 is 20.5 Å². The summed E-state index contributed by atoms with van der Waals surface area (Å²) in [5.41, 5.74) is 5.99. The third kappa shape index (κ3) is 6.66. The molecule has 150 valence electrons. The van der Waals surface area contributed by atoms with Crippen LogP contribution in [-0.4, -0.2) is 18.5 Å². The molecule has 9 heteroatoms. The van der Waals surface area contributed by atoms with Gasteiger partial charge in [0, 0.05) is 3.57 Å². The molecular weight excluding hydrogens is 509 g/mol. The maximum Gasteiger partial charge on any atom is 0.319 e. The molecule has 0 aliphatic heterocycles. The van der Waals surface area contributed by atoms with E-state index in [-0.39, 0.29) is 17.2 Å². The molecule has 3 amide bonds. The van der Waals surface area contributed by atoms with Crippen LogP contribution in [0, 0.1) is 14.9 Å². The zero-order chi connectivity index (χ0) is 21.4. The number of hydrogen-bond acceptors (Lipinski definition) is 5. The van der Waals surface area contributed by atoms with E-state index in [1.54, 1.807) is 19.1 Å². The fraction of sp³-hybridized carbons (Fsp3) is 0.150. The van der Waals surface area contributed by atoms with Crippen LogP contribution in [0.15, 0.2) is 42.0 Å². The average Bonchev–Trinajstić information content (AvgIpc) is 2.66. The molecule has 0 aliphatic rings. The quantitative estimate of drug-likeness (QED) is 0.322. The Hall–Kier alpha value is -2.77. The van der Waals surface area contributed by atoms with Gasteiger partial charge in [0.25, 0.3) is 5.91 Å². The monoisotopic (exact) mass is 525 g/mol. The third-order valence-electron chi connectivity index (χ3n) is 3.54. The summed E-state index contributed by atoms with van der Waals surface area (Å²) in [7, 11) is 0. The molecule has 0 radical (unpaired) electrons. The minimum atomic E-state index is -1.05. The van der Waals surface area contributed by atoms with E-state index in [1.165, 1.54) is 12.1 Å². The minimum absolute atomic E-state index is 0.250. The second-order valence-electron chi connectivity index (χ2n) is 5.67. The highest BCUT2D eigenvalue weighted by Gasteiger charge is 2.15. The Morgan fingerprint density at radius 2 is 1.97 bits per heavy atom. The number of halogens is 2. The molecule has 7 nitrogen and oxygen atoms in total. The zero-order valence-corrected chi connectivity index (χ0v) is 18.3. The van der Waals surface area contributed by atoms with Gasteiger partial charge in [-0.3, -0.25) is 10.1 Å². The molecule has 0 spiro atoms. The van der Waals surface area contributed by atoms with Crippen molar-refractivity contribution < 1.29 is 19.1 Å². The van der Waals surface area contributed by atoms with Crippen molar-refractivity contribution in [2.45, 2.75) is 13.5 Å². The Kier molecular flexibility index (Phi) is 8.30. The first-order chi connectivity index (χ1) is 13.8. The smallest absolute Gasteiger partial charge is 0.319 e. The highest BCUT2D eigenvalue weighted by molar-refractivity contribution is 14.1. The molecule has 0 atom stereocenters. The predicted octanol–water partition coefficient (Wildman–Crippen LogP) is 4.02. The summed E-state index contributed by atoms with van der Waals surface area (Å²) in [6.45, 7) is 2.45. The maximum atomic E-state index is 11.8. The largest absolute Gasteiger partial charge is 0.490 e. The van der Waals surface area contributed by atoms with Gasteiger partial charge in [0.2, 0.25) is 0 Å². The third-order valence-corrected chi connectivity index (χ3v) is 4.54. The van der Waals surface area contributed by atoms with E-state index < -0.39 is 11.9 Å². The van der Waals surface area contributed by atoms with E-state index in [0.717, 1.165) is 9.13 Å². The van der Waals surface area contributed by atoms with E-state index in [4.69, 9.17) is 26.8 Å². The second kappa shape index (κ2) is 10.7. The lowest BCUT2D eigenvalue weighted by Gasteiger charge is -2.15. The molecule has 0 saturated heterocycles. The van der Waals surface area contributed by atoms with E-state index >= 15 is 0 Å². The Morgan fingerprint density at radius 3 is 2.55 bits per heavy atom. The molecule has 0 unspecified atom stereocenters. The predicted molar refractivity (Wildman–Crippen MR) is 117 cm³/mol. The Balaban J connectivity index is 2.32. The number of hydrogen-bond donors (Lipinski definition) is 2. The van der Waals surface area contributed by atoms with E-state index in [9.17, 15) is 14.9 Å². The van der Waals surface area contributed by atoms with Crippen LogP contribution in [0.2, 0.25) is 5.02 Å². The lowest BCUT2D eigenvalue weighted by Crippen LogP contribution is -2.35. The molecule has 2 rings (SSSR count). The minimum Gasteiger partial charge on any atom is -0.490 e.